The molecule has 0 aliphatic heterocycles. The highest BCUT2D eigenvalue weighted by molar-refractivity contribution is 5.17. The van der Waals surface area contributed by atoms with Crippen molar-refractivity contribution >= 4 is 0 Å². The van der Waals surface area contributed by atoms with Crippen LogP contribution in [0.2, 0.25) is 0 Å². The topological polar surface area (TPSA) is 20.2 Å². The predicted octanol–water partition coefficient (Wildman–Crippen LogP) is 3.86. The molecule has 1 N–H and O–H groups in total. The Morgan fingerprint density at radius 1 is 1.25 bits per heavy atom. The standard InChI is InChI=1S/C15H24O/c1-11(2)14-8-5-12(3)6-10-15(16)13(4)7-9-14/h5,8,11,14-16H,3-4,6-7,9-10H2,1-2H3/b8-5+/t14-,15+/m1/s1. The summed E-state index contributed by atoms with van der Waals surface area (Å²) < 4.78 is 0. The van der Waals surface area contributed by atoms with E-state index in [1.165, 1.54) is 0 Å². The number of aliphatic hydroxyl groups excluding tert-OH is 1. The van der Waals surface area contributed by atoms with Crippen LogP contribution in [0, 0.1) is 11.8 Å². The van der Waals surface area contributed by atoms with Gasteiger partial charge in [-0.1, -0.05) is 44.7 Å². The zero-order valence-corrected chi connectivity index (χ0v) is 10.6. The van der Waals surface area contributed by atoms with Crippen molar-refractivity contribution in [1.29, 1.82) is 0 Å². The SMILES string of the molecule is C=C1/C=C/[C@@H](C(C)C)CCC(=C)[C@@H](O)CC1. The van der Waals surface area contributed by atoms with Crippen LogP contribution >= 0.6 is 0 Å². The van der Waals surface area contributed by atoms with Crippen LogP contribution in [-0.4, -0.2) is 11.2 Å². The average molecular weight is 220 g/mol. The Balaban J connectivity index is 2.75. The second-order valence-electron chi connectivity index (χ2n) is 5.18. The maximum atomic E-state index is 9.88. The van der Waals surface area contributed by atoms with E-state index in [1.54, 1.807) is 0 Å². The molecule has 2 atom stereocenters. The van der Waals surface area contributed by atoms with Crippen LogP contribution in [0.3, 0.4) is 0 Å². The smallest absolute Gasteiger partial charge is 0.0750 e. The molecule has 0 unspecified atom stereocenters. The van der Waals surface area contributed by atoms with E-state index in [2.05, 4.69) is 39.2 Å². The minimum Gasteiger partial charge on any atom is -0.389 e. The quantitative estimate of drug-likeness (QED) is 0.665. The van der Waals surface area contributed by atoms with Gasteiger partial charge in [0.2, 0.25) is 0 Å². The third-order valence-electron chi connectivity index (χ3n) is 3.44. The molecular formula is C15H24O. The van der Waals surface area contributed by atoms with Gasteiger partial charge in [0.25, 0.3) is 0 Å². The molecule has 0 spiro atoms. The van der Waals surface area contributed by atoms with E-state index in [-0.39, 0.29) is 6.10 Å². The number of rotatable bonds is 1. The molecule has 1 aliphatic rings. The third-order valence-corrected chi connectivity index (χ3v) is 3.44. The van der Waals surface area contributed by atoms with Gasteiger partial charge < -0.3 is 5.11 Å². The van der Waals surface area contributed by atoms with Gasteiger partial charge in [0.05, 0.1) is 6.10 Å². The Labute approximate surface area is 99.6 Å². The van der Waals surface area contributed by atoms with Crippen LogP contribution in [0.5, 0.6) is 0 Å². The highest BCUT2D eigenvalue weighted by Gasteiger charge is 2.15. The van der Waals surface area contributed by atoms with Crippen molar-refractivity contribution in [1.82, 2.24) is 0 Å². The molecule has 0 saturated carbocycles. The molecule has 90 valence electrons. The Hall–Kier alpha value is -0.820. The lowest BCUT2D eigenvalue weighted by Gasteiger charge is -2.21. The van der Waals surface area contributed by atoms with Gasteiger partial charge in [-0.25, -0.2) is 0 Å². The van der Waals surface area contributed by atoms with Crippen molar-refractivity contribution < 1.29 is 5.11 Å². The summed E-state index contributed by atoms with van der Waals surface area (Å²) in [5.41, 5.74) is 2.09. The van der Waals surface area contributed by atoms with Crippen LogP contribution < -0.4 is 0 Å². The van der Waals surface area contributed by atoms with Gasteiger partial charge in [0.15, 0.2) is 0 Å². The van der Waals surface area contributed by atoms with E-state index in [4.69, 9.17) is 0 Å². The van der Waals surface area contributed by atoms with E-state index in [9.17, 15) is 5.11 Å². The zero-order chi connectivity index (χ0) is 12.1. The molecule has 0 aromatic heterocycles. The summed E-state index contributed by atoms with van der Waals surface area (Å²) in [6.45, 7) is 12.5. The Kier molecular flexibility index (Phi) is 5.01. The molecule has 0 radical (unpaired) electrons. The maximum absolute atomic E-state index is 9.88. The van der Waals surface area contributed by atoms with Gasteiger partial charge in [-0.15, -0.1) is 0 Å². The highest BCUT2D eigenvalue weighted by atomic mass is 16.3. The minimum absolute atomic E-state index is 0.351. The van der Waals surface area contributed by atoms with Gasteiger partial charge in [-0.3, -0.25) is 0 Å². The molecule has 1 nitrogen and oxygen atoms in total. The van der Waals surface area contributed by atoms with Crippen LogP contribution in [-0.2, 0) is 0 Å². The second-order valence-corrected chi connectivity index (χ2v) is 5.18. The van der Waals surface area contributed by atoms with Crippen molar-refractivity contribution in [2.24, 2.45) is 11.8 Å². The lowest BCUT2D eigenvalue weighted by molar-refractivity contribution is 0.195. The Bertz CT molecular complexity index is 286. The van der Waals surface area contributed by atoms with Crippen LogP contribution in [0.4, 0.5) is 0 Å². The first kappa shape index (κ1) is 13.2. The second kappa shape index (κ2) is 6.05. The first-order valence-electron chi connectivity index (χ1n) is 6.22. The van der Waals surface area contributed by atoms with Gasteiger partial charge in [-0.2, -0.15) is 0 Å². The van der Waals surface area contributed by atoms with E-state index in [1.807, 2.05) is 0 Å². The summed E-state index contributed by atoms with van der Waals surface area (Å²) in [6, 6.07) is 0. The summed E-state index contributed by atoms with van der Waals surface area (Å²) in [4.78, 5) is 0. The molecule has 0 bridgehead atoms. The third kappa shape index (κ3) is 3.97. The molecule has 0 fully saturated rings. The number of aliphatic hydroxyl groups is 1. The lowest BCUT2D eigenvalue weighted by Crippen LogP contribution is -2.13. The fourth-order valence-corrected chi connectivity index (χ4v) is 2.04. The van der Waals surface area contributed by atoms with Gasteiger partial charge >= 0.3 is 0 Å². The van der Waals surface area contributed by atoms with E-state index < -0.39 is 0 Å². The molecule has 0 aromatic rings. The first-order valence-corrected chi connectivity index (χ1v) is 6.22. The van der Waals surface area contributed by atoms with Crippen molar-refractivity contribution in [3.8, 4) is 0 Å². The number of hydrogen-bond donors (Lipinski definition) is 1. The van der Waals surface area contributed by atoms with Crippen molar-refractivity contribution in [2.75, 3.05) is 0 Å². The molecule has 16 heavy (non-hydrogen) atoms. The summed E-state index contributed by atoms with van der Waals surface area (Å²) in [7, 11) is 0. The fraction of sp³-hybridized carbons (Fsp3) is 0.600. The molecular weight excluding hydrogens is 196 g/mol. The van der Waals surface area contributed by atoms with E-state index >= 15 is 0 Å². The van der Waals surface area contributed by atoms with Crippen molar-refractivity contribution in [3.05, 3.63) is 36.5 Å². The minimum atomic E-state index is -0.351. The summed E-state index contributed by atoms with van der Waals surface area (Å²) >= 11 is 0. The van der Waals surface area contributed by atoms with Crippen molar-refractivity contribution in [3.63, 3.8) is 0 Å². The summed E-state index contributed by atoms with van der Waals surface area (Å²) in [6.07, 6.45) is 7.69. The molecule has 1 heteroatoms. The zero-order valence-electron chi connectivity index (χ0n) is 10.6. The lowest BCUT2D eigenvalue weighted by atomic mass is 9.86. The highest BCUT2D eigenvalue weighted by Crippen LogP contribution is 2.25. The first-order chi connectivity index (χ1) is 7.50. The summed E-state index contributed by atoms with van der Waals surface area (Å²) in [5.74, 6) is 1.20. The van der Waals surface area contributed by atoms with Crippen LogP contribution in [0.25, 0.3) is 0 Å². The largest absolute Gasteiger partial charge is 0.389 e. The van der Waals surface area contributed by atoms with Gasteiger partial charge in [0, 0.05) is 0 Å². The Morgan fingerprint density at radius 3 is 2.56 bits per heavy atom. The normalized spacial score (nSPS) is 30.5. The molecule has 0 aromatic carbocycles. The molecule has 1 rings (SSSR count). The van der Waals surface area contributed by atoms with E-state index in [0.29, 0.717) is 11.8 Å². The molecule has 1 aliphatic carbocycles. The maximum Gasteiger partial charge on any atom is 0.0750 e. The monoisotopic (exact) mass is 220 g/mol. The van der Waals surface area contributed by atoms with Crippen LogP contribution in [0.15, 0.2) is 36.5 Å². The molecule has 0 amide bonds. The van der Waals surface area contributed by atoms with Gasteiger partial charge in [0.1, 0.15) is 0 Å². The Morgan fingerprint density at radius 2 is 1.94 bits per heavy atom. The van der Waals surface area contributed by atoms with E-state index in [0.717, 1.165) is 36.8 Å². The summed E-state index contributed by atoms with van der Waals surface area (Å²) in [5, 5.41) is 9.88. The molecule has 0 saturated heterocycles. The van der Waals surface area contributed by atoms with Crippen LogP contribution in [0.1, 0.15) is 39.5 Å². The average Bonchev–Trinajstić information content (AvgIpc) is 2.23. The number of allylic oxidation sites excluding steroid dienone is 3. The van der Waals surface area contributed by atoms with Crippen molar-refractivity contribution in [2.45, 2.75) is 45.6 Å². The van der Waals surface area contributed by atoms with Gasteiger partial charge in [-0.05, 0) is 43.1 Å². The molecule has 0 heterocycles. The number of hydrogen-bond acceptors (Lipinski definition) is 1. The fourth-order valence-electron chi connectivity index (χ4n) is 2.04. The predicted molar refractivity (Wildman–Crippen MR) is 70.2 cm³/mol.